The molecule has 0 fully saturated rings. The number of hydrogen-bond donors (Lipinski definition) is 1. The fraction of sp³-hybridized carbons (Fsp3) is 0.500. The molecule has 0 bridgehead atoms. The first kappa shape index (κ1) is 12.9. The highest BCUT2D eigenvalue weighted by molar-refractivity contribution is 6.32. The molecule has 0 unspecified atom stereocenters. The van der Waals surface area contributed by atoms with Crippen molar-refractivity contribution in [3.8, 4) is 0 Å². The zero-order chi connectivity index (χ0) is 12.2. The van der Waals surface area contributed by atoms with Gasteiger partial charge in [-0.25, -0.2) is 9.97 Å². The maximum atomic E-state index is 11.6. The Hall–Kier alpha value is -1.20. The second-order valence-electron chi connectivity index (χ2n) is 3.88. The van der Waals surface area contributed by atoms with Crippen molar-refractivity contribution in [2.45, 2.75) is 25.9 Å². The smallest absolute Gasteiger partial charge is 0.228 e. The van der Waals surface area contributed by atoms with Crippen molar-refractivity contribution >= 4 is 23.3 Å². The molecule has 0 aliphatic rings. The Morgan fingerprint density at radius 2 is 2.12 bits per heavy atom. The van der Waals surface area contributed by atoms with Crippen LogP contribution in [0.3, 0.4) is 0 Å². The molecular weight excluding hydrogens is 230 g/mol. The summed E-state index contributed by atoms with van der Waals surface area (Å²) >= 11 is 5.75. The summed E-state index contributed by atoms with van der Waals surface area (Å²) in [6.07, 6.45) is 3.14. The van der Waals surface area contributed by atoms with E-state index in [2.05, 4.69) is 15.3 Å². The largest absolute Gasteiger partial charge is 0.378 e. The van der Waals surface area contributed by atoms with Crippen LogP contribution in [0.1, 0.15) is 20.3 Å². The first-order valence-corrected chi connectivity index (χ1v) is 5.14. The van der Waals surface area contributed by atoms with Crippen molar-refractivity contribution in [2.75, 3.05) is 12.4 Å². The number of carbonyl (C=O) groups is 1. The Morgan fingerprint density at radius 1 is 1.50 bits per heavy atom. The van der Waals surface area contributed by atoms with Crippen LogP contribution in [0.5, 0.6) is 0 Å². The number of carbonyl (C=O) groups excluding carboxylic acids is 1. The molecule has 1 N–H and O–H groups in total. The minimum Gasteiger partial charge on any atom is -0.378 e. The highest BCUT2D eigenvalue weighted by Gasteiger charge is 2.21. The Kier molecular flexibility index (Phi) is 4.20. The summed E-state index contributed by atoms with van der Waals surface area (Å²) in [6.45, 7) is 3.65. The minimum atomic E-state index is -0.515. The van der Waals surface area contributed by atoms with Crippen LogP contribution in [-0.4, -0.2) is 28.6 Å². The lowest BCUT2D eigenvalue weighted by Gasteiger charge is -2.21. The van der Waals surface area contributed by atoms with Crippen LogP contribution in [0, 0.1) is 0 Å². The SMILES string of the molecule is COC(C)(C)CC(=O)Nc1nccnc1Cl. The van der Waals surface area contributed by atoms with Gasteiger partial charge in [0.1, 0.15) is 0 Å². The standard InChI is InChI=1S/C10H14ClN3O2/c1-10(2,16-3)6-7(15)14-9-8(11)12-4-5-13-9/h4-5H,6H2,1-3H3,(H,13,14,15). The predicted octanol–water partition coefficient (Wildman–Crippen LogP) is 1.88. The third-order valence-corrected chi connectivity index (χ3v) is 2.33. The van der Waals surface area contributed by atoms with Crippen LogP contribution in [-0.2, 0) is 9.53 Å². The van der Waals surface area contributed by atoms with Crippen LogP contribution in [0.2, 0.25) is 5.15 Å². The number of halogens is 1. The van der Waals surface area contributed by atoms with Gasteiger partial charge in [0, 0.05) is 19.5 Å². The summed E-state index contributed by atoms with van der Waals surface area (Å²) in [4.78, 5) is 19.3. The second-order valence-corrected chi connectivity index (χ2v) is 4.24. The summed E-state index contributed by atoms with van der Waals surface area (Å²) < 4.78 is 5.15. The van der Waals surface area contributed by atoms with E-state index in [1.807, 2.05) is 13.8 Å². The van der Waals surface area contributed by atoms with Crippen molar-refractivity contribution < 1.29 is 9.53 Å². The van der Waals surface area contributed by atoms with Gasteiger partial charge in [0.05, 0.1) is 12.0 Å². The molecule has 1 amide bonds. The van der Waals surface area contributed by atoms with E-state index in [0.29, 0.717) is 0 Å². The van der Waals surface area contributed by atoms with Gasteiger partial charge >= 0.3 is 0 Å². The highest BCUT2D eigenvalue weighted by Crippen LogP contribution is 2.17. The Morgan fingerprint density at radius 3 is 2.69 bits per heavy atom. The number of aromatic nitrogens is 2. The van der Waals surface area contributed by atoms with Crippen molar-refractivity contribution in [1.29, 1.82) is 0 Å². The van der Waals surface area contributed by atoms with E-state index in [0.717, 1.165) is 0 Å². The van der Waals surface area contributed by atoms with E-state index in [4.69, 9.17) is 16.3 Å². The minimum absolute atomic E-state index is 0.172. The zero-order valence-electron chi connectivity index (χ0n) is 9.45. The van der Waals surface area contributed by atoms with Gasteiger partial charge in [0.2, 0.25) is 5.91 Å². The number of ether oxygens (including phenoxy) is 1. The van der Waals surface area contributed by atoms with Gasteiger partial charge in [-0.3, -0.25) is 4.79 Å². The maximum absolute atomic E-state index is 11.6. The van der Waals surface area contributed by atoms with Gasteiger partial charge in [0.15, 0.2) is 11.0 Å². The van der Waals surface area contributed by atoms with Gasteiger partial charge in [-0.05, 0) is 13.8 Å². The molecule has 0 saturated carbocycles. The Bertz CT molecular complexity index is 382. The fourth-order valence-electron chi connectivity index (χ4n) is 1.04. The summed E-state index contributed by atoms with van der Waals surface area (Å²) in [5, 5.41) is 2.75. The predicted molar refractivity (Wildman–Crippen MR) is 61.4 cm³/mol. The highest BCUT2D eigenvalue weighted by atomic mass is 35.5. The van der Waals surface area contributed by atoms with Crippen LogP contribution in [0.15, 0.2) is 12.4 Å². The van der Waals surface area contributed by atoms with E-state index in [-0.39, 0.29) is 23.3 Å². The third kappa shape index (κ3) is 3.75. The van der Waals surface area contributed by atoms with Crippen molar-refractivity contribution in [3.05, 3.63) is 17.5 Å². The van der Waals surface area contributed by atoms with Crippen molar-refractivity contribution in [3.63, 3.8) is 0 Å². The lowest BCUT2D eigenvalue weighted by molar-refractivity contribution is -0.121. The number of rotatable bonds is 4. The monoisotopic (exact) mass is 243 g/mol. The summed E-state index contributed by atoms with van der Waals surface area (Å²) in [6, 6.07) is 0. The third-order valence-electron chi connectivity index (χ3n) is 2.05. The first-order valence-electron chi connectivity index (χ1n) is 4.76. The van der Waals surface area contributed by atoms with Crippen LogP contribution < -0.4 is 5.32 Å². The fourth-order valence-corrected chi connectivity index (χ4v) is 1.19. The normalized spacial score (nSPS) is 11.2. The molecule has 5 nitrogen and oxygen atoms in total. The molecule has 1 heterocycles. The average Bonchev–Trinajstić information content (AvgIpc) is 2.21. The first-order chi connectivity index (χ1) is 7.44. The average molecular weight is 244 g/mol. The van der Waals surface area contributed by atoms with Crippen molar-refractivity contribution in [1.82, 2.24) is 9.97 Å². The van der Waals surface area contributed by atoms with Gasteiger partial charge in [0.25, 0.3) is 0 Å². The molecule has 88 valence electrons. The van der Waals surface area contributed by atoms with Crippen LogP contribution >= 0.6 is 11.6 Å². The molecule has 0 atom stereocenters. The molecule has 0 aromatic carbocycles. The number of methoxy groups -OCH3 is 1. The Labute approximate surface area is 99.2 Å². The molecule has 0 spiro atoms. The molecule has 0 aliphatic carbocycles. The maximum Gasteiger partial charge on any atom is 0.228 e. The van der Waals surface area contributed by atoms with Gasteiger partial charge in [-0.1, -0.05) is 11.6 Å². The van der Waals surface area contributed by atoms with Gasteiger partial charge in [-0.2, -0.15) is 0 Å². The van der Waals surface area contributed by atoms with E-state index in [9.17, 15) is 4.79 Å². The zero-order valence-corrected chi connectivity index (χ0v) is 10.2. The molecule has 16 heavy (non-hydrogen) atoms. The van der Waals surface area contributed by atoms with Crippen LogP contribution in [0.25, 0.3) is 0 Å². The van der Waals surface area contributed by atoms with E-state index < -0.39 is 5.60 Å². The lowest BCUT2D eigenvalue weighted by Crippen LogP contribution is -2.29. The molecule has 0 aliphatic heterocycles. The number of anilines is 1. The molecule has 1 rings (SSSR count). The molecule has 1 aromatic rings. The summed E-state index contributed by atoms with van der Waals surface area (Å²) in [5.74, 6) is 0.0512. The number of amides is 1. The number of hydrogen-bond acceptors (Lipinski definition) is 4. The number of nitrogens with zero attached hydrogens (tertiary/aromatic N) is 2. The van der Waals surface area contributed by atoms with Gasteiger partial charge in [-0.15, -0.1) is 0 Å². The topological polar surface area (TPSA) is 64.1 Å². The quantitative estimate of drug-likeness (QED) is 0.877. The molecule has 0 saturated heterocycles. The second kappa shape index (κ2) is 5.23. The number of nitrogens with one attached hydrogen (secondary N) is 1. The van der Waals surface area contributed by atoms with E-state index >= 15 is 0 Å². The van der Waals surface area contributed by atoms with E-state index in [1.165, 1.54) is 12.4 Å². The molecule has 6 heteroatoms. The Balaban J connectivity index is 2.62. The van der Waals surface area contributed by atoms with E-state index in [1.54, 1.807) is 7.11 Å². The van der Waals surface area contributed by atoms with Crippen molar-refractivity contribution in [2.24, 2.45) is 0 Å². The van der Waals surface area contributed by atoms with Gasteiger partial charge < -0.3 is 10.1 Å². The van der Waals surface area contributed by atoms with Crippen LogP contribution in [0.4, 0.5) is 5.82 Å². The molecule has 1 aromatic heterocycles. The molecular formula is C10H14ClN3O2. The summed E-state index contributed by atoms with van der Waals surface area (Å²) in [5.41, 5.74) is -0.515. The molecule has 0 radical (unpaired) electrons. The lowest BCUT2D eigenvalue weighted by atomic mass is 10.1. The summed E-state index contributed by atoms with van der Waals surface area (Å²) in [7, 11) is 1.56.